The van der Waals surface area contributed by atoms with Gasteiger partial charge < -0.3 is 5.32 Å². The van der Waals surface area contributed by atoms with Crippen molar-refractivity contribution < 1.29 is 4.92 Å². The summed E-state index contributed by atoms with van der Waals surface area (Å²) in [6.07, 6.45) is 5.03. The number of benzene rings is 1. The van der Waals surface area contributed by atoms with Gasteiger partial charge in [0.1, 0.15) is 0 Å². The van der Waals surface area contributed by atoms with Crippen molar-refractivity contribution in [2.75, 3.05) is 5.32 Å². The molecule has 0 radical (unpaired) electrons. The Labute approximate surface area is 124 Å². The van der Waals surface area contributed by atoms with Crippen LogP contribution in [0.4, 0.5) is 11.4 Å². The van der Waals surface area contributed by atoms with E-state index in [1.54, 1.807) is 35.9 Å². The molecule has 106 valence electrons. The molecule has 0 atom stereocenters. The SMILES string of the molecule is Cc1ncc(CNc2ccc([N+](=O)[O-])c3ccncc23)s1. The second-order valence-corrected chi connectivity index (χ2v) is 5.83. The summed E-state index contributed by atoms with van der Waals surface area (Å²) in [5.74, 6) is 0. The fourth-order valence-electron chi connectivity index (χ4n) is 2.16. The Bertz CT molecular complexity index is 816. The molecule has 1 N–H and O–H groups in total. The van der Waals surface area contributed by atoms with Crippen LogP contribution in [-0.2, 0) is 6.54 Å². The number of fused-ring (bicyclic) bond motifs is 1. The van der Waals surface area contributed by atoms with Crippen LogP contribution in [0.2, 0.25) is 0 Å². The number of nitro groups is 1. The molecule has 0 aliphatic rings. The quantitative estimate of drug-likeness (QED) is 0.589. The first-order chi connectivity index (χ1) is 10.1. The number of rotatable bonds is 4. The summed E-state index contributed by atoms with van der Waals surface area (Å²) in [6, 6.07) is 4.90. The van der Waals surface area contributed by atoms with Gasteiger partial charge in [0.05, 0.1) is 21.9 Å². The first-order valence-electron chi connectivity index (χ1n) is 6.31. The Morgan fingerprint density at radius 2 is 2.14 bits per heavy atom. The molecule has 2 heterocycles. The number of nitrogens with zero attached hydrogens (tertiary/aromatic N) is 3. The van der Waals surface area contributed by atoms with Crippen molar-refractivity contribution in [3.8, 4) is 0 Å². The molecule has 0 saturated carbocycles. The highest BCUT2D eigenvalue weighted by Crippen LogP contribution is 2.31. The molecule has 0 saturated heterocycles. The van der Waals surface area contributed by atoms with Crippen molar-refractivity contribution in [1.29, 1.82) is 0 Å². The summed E-state index contributed by atoms with van der Waals surface area (Å²) in [5.41, 5.74) is 0.918. The van der Waals surface area contributed by atoms with Gasteiger partial charge in [-0.15, -0.1) is 11.3 Å². The molecule has 2 aromatic heterocycles. The first kappa shape index (κ1) is 13.4. The normalized spacial score (nSPS) is 10.7. The molecule has 0 spiro atoms. The highest BCUT2D eigenvalue weighted by atomic mass is 32.1. The third-order valence-electron chi connectivity index (χ3n) is 3.11. The number of hydrogen-bond acceptors (Lipinski definition) is 6. The van der Waals surface area contributed by atoms with Crippen molar-refractivity contribution >= 4 is 33.5 Å². The van der Waals surface area contributed by atoms with Gasteiger partial charge >= 0.3 is 0 Å². The van der Waals surface area contributed by atoms with Gasteiger partial charge in [0, 0.05) is 40.6 Å². The summed E-state index contributed by atoms with van der Waals surface area (Å²) in [6.45, 7) is 2.59. The van der Waals surface area contributed by atoms with Gasteiger partial charge in [-0.3, -0.25) is 15.1 Å². The van der Waals surface area contributed by atoms with E-state index in [1.165, 1.54) is 6.07 Å². The van der Waals surface area contributed by atoms with Gasteiger partial charge in [0.25, 0.3) is 5.69 Å². The van der Waals surface area contributed by atoms with Crippen LogP contribution in [0.3, 0.4) is 0 Å². The minimum Gasteiger partial charge on any atom is -0.380 e. The van der Waals surface area contributed by atoms with E-state index in [-0.39, 0.29) is 10.6 Å². The molecule has 0 aliphatic carbocycles. The average Bonchev–Trinajstić information content (AvgIpc) is 2.90. The molecule has 0 amide bonds. The van der Waals surface area contributed by atoms with Crippen molar-refractivity contribution in [3.05, 3.63) is 56.8 Å². The molecule has 6 nitrogen and oxygen atoms in total. The summed E-state index contributed by atoms with van der Waals surface area (Å²) in [5, 5.41) is 16.7. The number of hydrogen-bond donors (Lipinski definition) is 1. The Morgan fingerprint density at radius 1 is 1.29 bits per heavy atom. The van der Waals surface area contributed by atoms with Crippen molar-refractivity contribution in [2.24, 2.45) is 0 Å². The van der Waals surface area contributed by atoms with Crippen LogP contribution in [0, 0.1) is 17.0 Å². The number of nitro benzene ring substituents is 1. The first-order valence-corrected chi connectivity index (χ1v) is 7.13. The molecule has 0 bridgehead atoms. The zero-order chi connectivity index (χ0) is 14.8. The van der Waals surface area contributed by atoms with Crippen molar-refractivity contribution in [3.63, 3.8) is 0 Å². The maximum Gasteiger partial charge on any atom is 0.277 e. The van der Waals surface area contributed by atoms with Crippen molar-refractivity contribution in [2.45, 2.75) is 13.5 Å². The van der Waals surface area contributed by atoms with Gasteiger partial charge in [-0.05, 0) is 19.1 Å². The maximum absolute atomic E-state index is 11.1. The molecular weight excluding hydrogens is 288 g/mol. The number of aromatic nitrogens is 2. The second kappa shape index (κ2) is 5.45. The van der Waals surface area contributed by atoms with Crippen LogP contribution in [0.15, 0.2) is 36.8 Å². The number of thiazole rings is 1. The van der Waals surface area contributed by atoms with E-state index in [0.29, 0.717) is 11.9 Å². The number of nitrogens with one attached hydrogen (secondary N) is 1. The predicted octanol–water partition coefficient (Wildman–Crippen LogP) is 3.52. The average molecular weight is 300 g/mol. The lowest BCUT2D eigenvalue weighted by Crippen LogP contribution is -1.99. The van der Waals surface area contributed by atoms with E-state index in [1.807, 2.05) is 13.1 Å². The molecule has 1 aromatic carbocycles. The van der Waals surface area contributed by atoms with Gasteiger partial charge in [-0.1, -0.05) is 0 Å². The summed E-state index contributed by atoms with van der Waals surface area (Å²) < 4.78 is 0. The van der Waals surface area contributed by atoms with Crippen LogP contribution in [0.25, 0.3) is 10.8 Å². The molecule has 3 rings (SSSR count). The second-order valence-electron chi connectivity index (χ2n) is 4.51. The lowest BCUT2D eigenvalue weighted by atomic mass is 10.1. The number of aryl methyl sites for hydroxylation is 1. The smallest absolute Gasteiger partial charge is 0.277 e. The van der Waals surface area contributed by atoms with E-state index in [2.05, 4.69) is 15.3 Å². The highest BCUT2D eigenvalue weighted by molar-refractivity contribution is 7.11. The minimum absolute atomic E-state index is 0.0894. The van der Waals surface area contributed by atoms with E-state index < -0.39 is 0 Å². The van der Waals surface area contributed by atoms with E-state index in [4.69, 9.17) is 0 Å². The van der Waals surface area contributed by atoms with E-state index >= 15 is 0 Å². The maximum atomic E-state index is 11.1. The lowest BCUT2D eigenvalue weighted by molar-refractivity contribution is -0.383. The van der Waals surface area contributed by atoms with Crippen LogP contribution < -0.4 is 5.32 Å². The topological polar surface area (TPSA) is 81.0 Å². The van der Waals surface area contributed by atoms with E-state index in [9.17, 15) is 10.1 Å². The minimum atomic E-state index is -0.376. The van der Waals surface area contributed by atoms with E-state index in [0.717, 1.165) is 21.0 Å². The third-order valence-corrected chi connectivity index (χ3v) is 4.03. The number of pyridine rings is 1. The largest absolute Gasteiger partial charge is 0.380 e. The summed E-state index contributed by atoms with van der Waals surface area (Å²) >= 11 is 1.62. The van der Waals surface area contributed by atoms with Crippen LogP contribution in [-0.4, -0.2) is 14.9 Å². The molecule has 21 heavy (non-hydrogen) atoms. The molecular formula is C14H12N4O2S. The Hall–Kier alpha value is -2.54. The summed E-state index contributed by atoms with van der Waals surface area (Å²) in [7, 11) is 0. The van der Waals surface area contributed by atoms with Gasteiger partial charge in [-0.2, -0.15) is 0 Å². The van der Waals surface area contributed by atoms with Crippen LogP contribution in [0.1, 0.15) is 9.88 Å². The monoisotopic (exact) mass is 300 g/mol. The molecule has 0 aliphatic heterocycles. The highest BCUT2D eigenvalue weighted by Gasteiger charge is 2.14. The number of anilines is 1. The Morgan fingerprint density at radius 3 is 2.86 bits per heavy atom. The third kappa shape index (κ3) is 2.68. The Kier molecular flexibility index (Phi) is 3.49. The predicted molar refractivity (Wildman–Crippen MR) is 82.6 cm³/mol. The van der Waals surface area contributed by atoms with Gasteiger partial charge in [-0.25, -0.2) is 4.98 Å². The fraction of sp³-hybridized carbons (Fsp3) is 0.143. The fourth-order valence-corrected chi connectivity index (χ4v) is 2.89. The number of non-ortho nitro benzene ring substituents is 1. The molecule has 0 unspecified atom stereocenters. The van der Waals surface area contributed by atoms with Gasteiger partial charge in [0.2, 0.25) is 0 Å². The summed E-state index contributed by atoms with van der Waals surface area (Å²) in [4.78, 5) is 20.1. The van der Waals surface area contributed by atoms with Crippen LogP contribution in [0.5, 0.6) is 0 Å². The standard InChI is InChI=1S/C14H12N4O2S/c1-9-16-6-10(21-9)7-17-13-2-3-14(18(19)20)11-4-5-15-8-12(11)13/h2-6,8,17H,7H2,1H3. The lowest BCUT2D eigenvalue weighted by Gasteiger charge is -2.08. The molecule has 3 aromatic rings. The Balaban J connectivity index is 1.96. The van der Waals surface area contributed by atoms with Crippen molar-refractivity contribution in [1.82, 2.24) is 9.97 Å². The zero-order valence-electron chi connectivity index (χ0n) is 11.2. The van der Waals surface area contributed by atoms with Gasteiger partial charge in [0.15, 0.2) is 0 Å². The molecule has 7 heteroatoms. The zero-order valence-corrected chi connectivity index (χ0v) is 12.1. The van der Waals surface area contributed by atoms with Crippen LogP contribution >= 0.6 is 11.3 Å². The molecule has 0 fully saturated rings.